The predicted molar refractivity (Wildman–Crippen MR) is 84.1 cm³/mol. The maximum atomic E-state index is 5.78. The molecular weight excluding hydrogens is 264 g/mol. The zero-order chi connectivity index (χ0) is 15.4. The molecule has 1 aromatic heterocycles. The highest BCUT2D eigenvalue weighted by molar-refractivity contribution is 5.39. The fourth-order valence-corrected chi connectivity index (χ4v) is 2.61. The molecule has 21 heavy (non-hydrogen) atoms. The number of aromatic nitrogens is 2. The van der Waals surface area contributed by atoms with Crippen LogP contribution in [0.5, 0.6) is 5.75 Å². The van der Waals surface area contributed by atoms with E-state index in [1.807, 2.05) is 24.6 Å². The SMILES string of the molecule is CCn1nc(C)cc1CC(NN)c1ccc(C)cc1OC. The predicted octanol–water partition coefficient (Wildman–Crippen LogP) is 2.28. The summed E-state index contributed by atoms with van der Waals surface area (Å²) in [4.78, 5) is 0. The Morgan fingerprint density at radius 1 is 1.33 bits per heavy atom. The molecule has 2 rings (SSSR count). The lowest BCUT2D eigenvalue weighted by Crippen LogP contribution is -2.30. The van der Waals surface area contributed by atoms with Crippen LogP contribution in [0, 0.1) is 13.8 Å². The first-order valence-electron chi connectivity index (χ1n) is 7.23. The molecule has 5 nitrogen and oxygen atoms in total. The van der Waals surface area contributed by atoms with Gasteiger partial charge in [-0.15, -0.1) is 0 Å². The van der Waals surface area contributed by atoms with Crippen LogP contribution < -0.4 is 16.0 Å². The van der Waals surface area contributed by atoms with Crippen LogP contribution in [0.3, 0.4) is 0 Å². The minimum Gasteiger partial charge on any atom is -0.496 e. The number of nitrogens with two attached hydrogens (primary N) is 1. The van der Waals surface area contributed by atoms with E-state index in [1.165, 1.54) is 11.3 Å². The molecule has 0 radical (unpaired) electrons. The molecule has 0 aliphatic heterocycles. The van der Waals surface area contributed by atoms with Gasteiger partial charge in [-0.25, -0.2) is 0 Å². The van der Waals surface area contributed by atoms with Gasteiger partial charge in [-0.1, -0.05) is 12.1 Å². The second-order valence-corrected chi connectivity index (χ2v) is 5.26. The average Bonchev–Trinajstić information content (AvgIpc) is 2.84. The van der Waals surface area contributed by atoms with Crippen LogP contribution in [0.15, 0.2) is 24.3 Å². The molecule has 1 unspecified atom stereocenters. The van der Waals surface area contributed by atoms with E-state index in [4.69, 9.17) is 10.6 Å². The third kappa shape index (κ3) is 3.43. The van der Waals surface area contributed by atoms with Gasteiger partial charge in [0.05, 0.1) is 18.8 Å². The maximum Gasteiger partial charge on any atom is 0.123 e. The number of aryl methyl sites for hydroxylation is 3. The lowest BCUT2D eigenvalue weighted by Gasteiger charge is -2.20. The van der Waals surface area contributed by atoms with Crippen molar-refractivity contribution in [2.45, 2.75) is 39.8 Å². The lowest BCUT2D eigenvalue weighted by atomic mass is 10.00. The third-order valence-electron chi connectivity index (χ3n) is 3.66. The van der Waals surface area contributed by atoms with Crippen molar-refractivity contribution in [2.75, 3.05) is 7.11 Å². The van der Waals surface area contributed by atoms with Crippen molar-refractivity contribution < 1.29 is 4.74 Å². The number of hydrogen-bond acceptors (Lipinski definition) is 4. The summed E-state index contributed by atoms with van der Waals surface area (Å²) < 4.78 is 7.50. The van der Waals surface area contributed by atoms with Crippen LogP contribution in [0.25, 0.3) is 0 Å². The number of nitrogens with zero attached hydrogens (tertiary/aromatic N) is 2. The van der Waals surface area contributed by atoms with Gasteiger partial charge in [0, 0.05) is 24.2 Å². The van der Waals surface area contributed by atoms with E-state index in [1.54, 1.807) is 7.11 Å². The Balaban J connectivity index is 2.31. The summed E-state index contributed by atoms with van der Waals surface area (Å²) in [7, 11) is 1.69. The van der Waals surface area contributed by atoms with Crippen molar-refractivity contribution in [1.82, 2.24) is 15.2 Å². The van der Waals surface area contributed by atoms with Gasteiger partial charge in [0.1, 0.15) is 5.75 Å². The number of nitrogens with one attached hydrogen (secondary N) is 1. The number of methoxy groups -OCH3 is 1. The summed E-state index contributed by atoms with van der Waals surface area (Å²) in [5, 5.41) is 4.48. The van der Waals surface area contributed by atoms with Crippen LogP contribution in [0.1, 0.15) is 35.5 Å². The van der Waals surface area contributed by atoms with Crippen molar-refractivity contribution >= 4 is 0 Å². The van der Waals surface area contributed by atoms with E-state index in [2.05, 4.69) is 35.6 Å². The lowest BCUT2D eigenvalue weighted by molar-refractivity contribution is 0.397. The monoisotopic (exact) mass is 288 g/mol. The van der Waals surface area contributed by atoms with E-state index in [9.17, 15) is 0 Å². The van der Waals surface area contributed by atoms with Gasteiger partial charge in [-0.2, -0.15) is 5.10 Å². The van der Waals surface area contributed by atoms with Gasteiger partial charge >= 0.3 is 0 Å². The summed E-state index contributed by atoms with van der Waals surface area (Å²) in [5.74, 6) is 6.64. The quantitative estimate of drug-likeness (QED) is 0.632. The second kappa shape index (κ2) is 6.74. The Labute approximate surface area is 126 Å². The highest BCUT2D eigenvalue weighted by Crippen LogP contribution is 2.28. The Hall–Kier alpha value is -1.85. The molecule has 5 heteroatoms. The van der Waals surface area contributed by atoms with Gasteiger partial charge < -0.3 is 4.74 Å². The molecule has 0 fully saturated rings. The van der Waals surface area contributed by atoms with Crippen LogP contribution >= 0.6 is 0 Å². The highest BCUT2D eigenvalue weighted by Gasteiger charge is 2.18. The molecule has 114 valence electrons. The van der Waals surface area contributed by atoms with Gasteiger partial charge in [0.2, 0.25) is 0 Å². The Bertz CT molecular complexity index is 606. The molecule has 0 aliphatic carbocycles. The smallest absolute Gasteiger partial charge is 0.123 e. The van der Waals surface area contributed by atoms with E-state index < -0.39 is 0 Å². The van der Waals surface area contributed by atoms with Crippen molar-refractivity contribution in [1.29, 1.82) is 0 Å². The van der Waals surface area contributed by atoms with Gasteiger partial charge in [-0.3, -0.25) is 16.0 Å². The Kier molecular flexibility index (Phi) is 4.98. The van der Waals surface area contributed by atoms with Crippen molar-refractivity contribution in [3.63, 3.8) is 0 Å². The third-order valence-corrected chi connectivity index (χ3v) is 3.66. The maximum absolute atomic E-state index is 5.78. The minimum absolute atomic E-state index is 0.0121. The molecule has 1 aromatic carbocycles. The van der Waals surface area contributed by atoms with Gasteiger partial charge in [0.25, 0.3) is 0 Å². The fraction of sp³-hybridized carbons (Fsp3) is 0.438. The van der Waals surface area contributed by atoms with Crippen molar-refractivity contribution in [3.05, 3.63) is 46.8 Å². The standard InChI is InChI=1S/C16H24N4O/c1-5-20-13(9-12(3)19-20)10-15(18-17)14-7-6-11(2)8-16(14)21-4/h6-9,15,18H,5,10,17H2,1-4H3. The fourth-order valence-electron chi connectivity index (χ4n) is 2.61. The highest BCUT2D eigenvalue weighted by atomic mass is 16.5. The zero-order valence-corrected chi connectivity index (χ0v) is 13.2. The topological polar surface area (TPSA) is 65.1 Å². The normalized spacial score (nSPS) is 12.4. The first-order chi connectivity index (χ1) is 10.1. The number of benzene rings is 1. The molecule has 0 amide bonds. The van der Waals surface area contributed by atoms with Crippen LogP contribution in [-0.2, 0) is 13.0 Å². The molecule has 1 heterocycles. The number of ether oxygens (including phenoxy) is 1. The van der Waals surface area contributed by atoms with E-state index in [0.717, 1.165) is 30.0 Å². The van der Waals surface area contributed by atoms with Crippen LogP contribution in [-0.4, -0.2) is 16.9 Å². The van der Waals surface area contributed by atoms with E-state index in [0.29, 0.717) is 0 Å². The summed E-state index contributed by atoms with van der Waals surface area (Å²) in [6.45, 7) is 7.00. The molecule has 0 saturated heterocycles. The van der Waals surface area contributed by atoms with E-state index in [-0.39, 0.29) is 6.04 Å². The molecule has 0 saturated carbocycles. The second-order valence-electron chi connectivity index (χ2n) is 5.26. The van der Waals surface area contributed by atoms with Gasteiger partial charge in [-0.05, 0) is 38.5 Å². The summed E-state index contributed by atoms with van der Waals surface area (Å²) in [5.41, 5.74) is 7.32. The minimum atomic E-state index is -0.0121. The van der Waals surface area contributed by atoms with Crippen molar-refractivity contribution in [3.8, 4) is 5.75 Å². The number of hydrogen-bond donors (Lipinski definition) is 2. The van der Waals surface area contributed by atoms with Crippen molar-refractivity contribution in [2.24, 2.45) is 5.84 Å². The summed E-state index contributed by atoms with van der Waals surface area (Å²) >= 11 is 0. The number of rotatable bonds is 6. The van der Waals surface area contributed by atoms with E-state index >= 15 is 0 Å². The molecular formula is C16H24N4O. The average molecular weight is 288 g/mol. The first kappa shape index (κ1) is 15.5. The number of hydrazine groups is 1. The molecule has 2 aromatic rings. The summed E-state index contributed by atoms with van der Waals surface area (Å²) in [6.07, 6.45) is 0.768. The Morgan fingerprint density at radius 2 is 2.10 bits per heavy atom. The summed E-state index contributed by atoms with van der Waals surface area (Å²) in [6, 6.07) is 8.27. The van der Waals surface area contributed by atoms with Gasteiger partial charge in [0.15, 0.2) is 0 Å². The molecule has 0 aliphatic rings. The molecule has 1 atom stereocenters. The molecule has 0 spiro atoms. The first-order valence-corrected chi connectivity index (χ1v) is 7.23. The largest absolute Gasteiger partial charge is 0.496 e. The molecule has 0 bridgehead atoms. The van der Waals surface area contributed by atoms with Crippen LogP contribution in [0.4, 0.5) is 0 Å². The van der Waals surface area contributed by atoms with Crippen LogP contribution in [0.2, 0.25) is 0 Å². The zero-order valence-electron chi connectivity index (χ0n) is 13.2. The molecule has 3 N–H and O–H groups in total. The Morgan fingerprint density at radius 3 is 2.71 bits per heavy atom.